The first-order chi connectivity index (χ1) is 12.2. The smallest absolute Gasteiger partial charge is 0.197 e. The molecule has 0 atom stereocenters. The third kappa shape index (κ3) is 2.63. The molecule has 0 saturated heterocycles. The van der Waals surface area contributed by atoms with E-state index in [-0.39, 0.29) is 5.43 Å². The summed E-state index contributed by atoms with van der Waals surface area (Å²) >= 11 is 1.60. The highest BCUT2D eigenvalue weighted by atomic mass is 32.1. The van der Waals surface area contributed by atoms with Crippen molar-refractivity contribution >= 4 is 33.0 Å². The molecule has 25 heavy (non-hydrogen) atoms. The van der Waals surface area contributed by atoms with Crippen LogP contribution in [0.1, 0.15) is 13.3 Å². The van der Waals surface area contributed by atoms with Crippen LogP contribution in [0.25, 0.3) is 32.8 Å². The minimum Gasteiger partial charge on any atom is -0.491 e. The van der Waals surface area contributed by atoms with Crippen LogP contribution in [-0.2, 0) is 7.05 Å². The number of pyridine rings is 1. The lowest BCUT2D eigenvalue weighted by atomic mass is 10.0. The molecule has 0 unspecified atom stereocenters. The molecule has 2 aromatic heterocycles. The Balaban J connectivity index is 2.15. The van der Waals surface area contributed by atoms with Gasteiger partial charge in [-0.15, -0.1) is 0 Å². The molecule has 0 spiro atoms. The summed E-state index contributed by atoms with van der Waals surface area (Å²) in [6.07, 6.45) is 2.84. The van der Waals surface area contributed by atoms with Gasteiger partial charge in [-0.1, -0.05) is 31.2 Å². The minimum atomic E-state index is 0.0599. The maximum atomic E-state index is 13.4. The molecule has 4 aromatic rings. The number of nitrogens with zero attached hydrogens (tertiary/aromatic N) is 1. The predicted molar refractivity (Wildman–Crippen MR) is 106 cm³/mol. The maximum Gasteiger partial charge on any atom is 0.197 e. The Bertz CT molecular complexity index is 1110. The lowest BCUT2D eigenvalue weighted by Gasteiger charge is -2.16. The summed E-state index contributed by atoms with van der Waals surface area (Å²) in [7, 11) is 1.98. The van der Waals surface area contributed by atoms with E-state index in [1.807, 2.05) is 65.0 Å². The van der Waals surface area contributed by atoms with Crippen LogP contribution in [0.4, 0.5) is 0 Å². The van der Waals surface area contributed by atoms with Gasteiger partial charge in [0.2, 0.25) is 0 Å². The Morgan fingerprint density at radius 2 is 2.04 bits per heavy atom. The second-order valence-corrected chi connectivity index (χ2v) is 6.94. The van der Waals surface area contributed by atoms with E-state index in [4.69, 9.17) is 4.74 Å². The summed E-state index contributed by atoms with van der Waals surface area (Å²) in [5, 5.41) is 6.75. The van der Waals surface area contributed by atoms with Crippen molar-refractivity contribution in [3.05, 3.63) is 63.6 Å². The molecule has 0 aliphatic rings. The molecule has 2 aromatic carbocycles. The van der Waals surface area contributed by atoms with Crippen LogP contribution < -0.4 is 10.2 Å². The fourth-order valence-electron chi connectivity index (χ4n) is 3.29. The normalized spacial score (nSPS) is 11.3. The van der Waals surface area contributed by atoms with Crippen LogP contribution in [-0.4, -0.2) is 11.2 Å². The predicted octanol–water partition coefficient (Wildman–Crippen LogP) is 5.21. The molecule has 0 aliphatic heterocycles. The van der Waals surface area contributed by atoms with Gasteiger partial charge in [0.15, 0.2) is 5.43 Å². The number of fused-ring (bicyclic) bond motifs is 3. The molecule has 0 fully saturated rings. The van der Waals surface area contributed by atoms with Gasteiger partial charge in [-0.2, -0.15) is 11.3 Å². The lowest BCUT2D eigenvalue weighted by molar-refractivity contribution is 0.320. The topological polar surface area (TPSA) is 31.2 Å². The van der Waals surface area contributed by atoms with Gasteiger partial charge < -0.3 is 9.30 Å². The molecule has 3 nitrogen and oxygen atoms in total. The maximum absolute atomic E-state index is 13.4. The summed E-state index contributed by atoms with van der Waals surface area (Å²) in [5.41, 5.74) is 2.62. The van der Waals surface area contributed by atoms with E-state index in [1.54, 1.807) is 11.3 Å². The second-order valence-electron chi connectivity index (χ2n) is 6.16. The molecule has 0 aliphatic carbocycles. The van der Waals surface area contributed by atoms with Gasteiger partial charge in [-0.05, 0) is 45.6 Å². The van der Waals surface area contributed by atoms with Crippen molar-refractivity contribution in [1.29, 1.82) is 0 Å². The molecule has 126 valence electrons. The van der Waals surface area contributed by atoms with E-state index >= 15 is 0 Å². The molecule has 0 radical (unpaired) electrons. The largest absolute Gasteiger partial charge is 0.491 e. The number of aromatic nitrogens is 1. The highest BCUT2D eigenvalue weighted by molar-refractivity contribution is 7.08. The average molecular weight is 349 g/mol. The Morgan fingerprint density at radius 3 is 2.80 bits per heavy atom. The number of thiophene rings is 1. The number of rotatable bonds is 4. The number of ether oxygens (including phenoxy) is 1. The van der Waals surface area contributed by atoms with Crippen LogP contribution in [0, 0.1) is 0 Å². The third-order valence-corrected chi connectivity index (χ3v) is 5.11. The van der Waals surface area contributed by atoms with Crippen LogP contribution in [0.2, 0.25) is 0 Å². The number of aryl methyl sites for hydroxylation is 1. The van der Waals surface area contributed by atoms with Gasteiger partial charge in [-0.3, -0.25) is 4.79 Å². The van der Waals surface area contributed by atoms with Crippen molar-refractivity contribution in [3.8, 4) is 16.9 Å². The SMILES string of the molecule is CCCOc1cc2ccccc2c2c(=O)c(-c3ccsc3)cn(C)c12. The molecule has 0 N–H and O–H groups in total. The monoisotopic (exact) mass is 349 g/mol. The summed E-state index contributed by atoms with van der Waals surface area (Å²) in [6, 6.07) is 12.0. The van der Waals surface area contributed by atoms with E-state index < -0.39 is 0 Å². The van der Waals surface area contributed by atoms with Crippen molar-refractivity contribution in [2.45, 2.75) is 13.3 Å². The summed E-state index contributed by atoms with van der Waals surface area (Å²) in [5.74, 6) is 0.770. The lowest BCUT2D eigenvalue weighted by Crippen LogP contribution is -2.12. The number of hydrogen-bond acceptors (Lipinski definition) is 3. The molecular weight excluding hydrogens is 330 g/mol. The van der Waals surface area contributed by atoms with Crippen LogP contribution in [0.3, 0.4) is 0 Å². The Kier molecular flexibility index (Phi) is 4.06. The minimum absolute atomic E-state index is 0.0599. The van der Waals surface area contributed by atoms with E-state index in [2.05, 4.69) is 6.92 Å². The molecule has 4 heteroatoms. The molecule has 2 heterocycles. The third-order valence-electron chi connectivity index (χ3n) is 4.43. The van der Waals surface area contributed by atoms with Gasteiger partial charge in [0.25, 0.3) is 0 Å². The van der Waals surface area contributed by atoms with Crippen molar-refractivity contribution in [1.82, 2.24) is 4.57 Å². The van der Waals surface area contributed by atoms with Gasteiger partial charge in [0.05, 0.1) is 17.5 Å². The van der Waals surface area contributed by atoms with Crippen molar-refractivity contribution < 1.29 is 4.74 Å². The fraction of sp³-hybridized carbons (Fsp3) is 0.190. The summed E-state index contributed by atoms with van der Waals surface area (Å²) < 4.78 is 8.00. The zero-order valence-corrected chi connectivity index (χ0v) is 15.1. The summed E-state index contributed by atoms with van der Waals surface area (Å²) in [4.78, 5) is 13.4. The molecule has 0 amide bonds. The average Bonchev–Trinajstić information content (AvgIpc) is 3.16. The Hall–Kier alpha value is -2.59. The van der Waals surface area contributed by atoms with E-state index in [1.165, 1.54) is 0 Å². The van der Waals surface area contributed by atoms with Gasteiger partial charge in [0.1, 0.15) is 5.75 Å². The van der Waals surface area contributed by atoms with Gasteiger partial charge in [0, 0.05) is 18.8 Å². The van der Waals surface area contributed by atoms with Crippen molar-refractivity contribution in [2.75, 3.05) is 6.61 Å². The Labute approximate surface area is 150 Å². The van der Waals surface area contributed by atoms with E-state index in [0.717, 1.165) is 45.0 Å². The standard InChI is InChI=1S/C21H19NO2S/c1-3-9-24-18-11-14-6-4-5-7-16(14)19-20(18)22(2)12-17(21(19)23)15-8-10-25-13-15/h4-8,10-13H,3,9H2,1-2H3. The first-order valence-corrected chi connectivity index (χ1v) is 9.35. The molecule has 4 rings (SSSR count). The fourth-order valence-corrected chi connectivity index (χ4v) is 3.94. The van der Waals surface area contributed by atoms with Crippen molar-refractivity contribution in [2.24, 2.45) is 7.05 Å². The highest BCUT2D eigenvalue weighted by Gasteiger charge is 2.16. The molecule has 0 bridgehead atoms. The summed E-state index contributed by atoms with van der Waals surface area (Å²) in [6.45, 7) is 2.71. The van der Waals surface area contributed by atoms with Crippen LogP contribution in [0.5, 0.6) is 5.75 Å². The van der Waals surface area contributed by atoms with Crippen LogP contribution in [0.15, 0.2) is 58.1 Å². The van der Waals surface area contributed by atoms with Crippen LogP contribution >= 0.6 is 11.3 Å². The number of hydrogen-bond donors (Lipinski definition) is 0. The number of benzene rings is 2. The first-order valence-electron chi connectivity index (χ1n) is 8.41. The zero-order valence-electron chi connectivity index (χ0n) is 14.3. The van der Waals surface area contributed by atoms with Gasteiger partial charge in [-0.25, -0.2) is 0 Å². The quantitative estimate of drug-likeness (QED) is 0.474. The molecular formula is C21H19NO2S. The first kappa shape index (κ1) is 15.9. The van der Waals surface area contributed by atoms with Gasteiger partial charge >= 0.3 is 0 Å². The zero-order chi connectivity index (χ0) is 17.4. The molecule has 0 saturated carbocycles. The Morgan fingerprint density at radius 1 is 1.20 bits per heavy atom. The van der Waals surface area contributed by atoms with E-state index in [9.17, 15) is 4.79 Å². The highest BCUT2D eigenvalue weighted by Crippen LogP contribution is 2.33. The van der Waals surface area contributed by atoms with Crippen molar-refractivity contribution in [3.63, 3.8) is 0 Å². The second kappa shape index (κ2) is 6.37. The van der Waals surface area contributed by atoms with E-state index in [0.29, 0.717) is 6.61 Å².